The molecule has 3 nitrogen and oxygen atoms in total. The van der Waals surface area contributed by atoms with Gasteiger partial charge in [-0.15, -0.1) is 0 Å². The molecule has 1 N–H and O–H groups in total. The van der Waals surface area contributed by atoms with E-state index < -0.39 is 0 Å². The summed E-state index contributed by atoms with van der Waals surface area (Å²) < 4.78 is 11.0. The summed E-state index contributed by atoms with van der Waals surface area (Å²) in [5.74, 6) is 0.975. The molecule has 0 aromatic heterocycles. The van der Waals surface area contributed by atoms with Crippen LogP contribution in [0.2, 0.25) is 0 Å². The Labute approximate surface area is 109 Å². The van der Waals surface area contributed by atoms with Gasteiger partial charge in [0, 0.05) is 19.2 Å². The molecule has 0 amide bonds. The predicted octanol–water partition coefficient (Wildman–Crippen LogP) is 2.39. The summed E-state index contributed by atoms with van der Waals surface area (Å²) in [7, 11) is 1.73. The number of hydrogen-bond acceptors (Lipinski definition) is 3. The first-order chi connectivity index (χ1) is 8.79. The molecule has 1 fully saturated rings. The summed E-state index contributed by atoms with van der Waals surface area (Å²) in [5, 5.41) is 3.54. The number of para-hydroxylation sites is 1. The lowest BCUT2D eigenvalue weighted by atomic mass is 10.1. The van der Waals surface area contributed by atoms with E-state index in [-0.39, 0.29) is 0 Å². The van der Waals surface area contributed by atoms with Crippen molar-refractivity contribution >= 4 is 0 Å². The number of ether oxygens (including phenoxy) is 2. The molecule has 1 heterocycles. The van der Waals surface area contributed by atoms with E-state index in [0.717, 1.165) is 25.3 Å². The van der Waals surface area contributed by atoms with Crippen molar-refractivity contribution in [1.29, 1.82) is 0 Å². The van der Waals surface area contributed by atoms with Crippen molar-refractivity contribution in [3.63, 3.8) is 0 Å². The fourth-order valence-corrected chi connectivity index (χ4v) is 2.41. The molecule has 18 heavy (non-hydrogen) atoms. The largest absolute Gasteiger partial charge is 0.496 e. The van der Waals surface area contributed by atoms with Gasteiger partial charge in [-0.25, -0.2) is 0 Å². The van der Waals surface area contributed by atoms with Crippen LogP contribution in [-0.2, 0) is 11.2 Å². The van der Waals surface area contributed by atoms with Crippen molar-refractivity contribution in [3.05, 3.63) is 29.8 Å². The third-order valence-corrected chi connectivity index (χ3v) is 3.44. The Kier molecular flexibility index (Phi) is 5.02. The van der Waals surface area contributed by atoms with Crippen LogP contribution in [0.15, 0.2) is 24.3 Å². The highest BCUT2D eigenvalue weighted by molar-refractivity contribution is 5.33. The molecule has 0 radical (unpaired) electrons. The van der Waals surface area contributed by atoms with Crippen LogP contribution < -0.4 is 10.1 Å². The van der Waals surface area contributed by atoms with Crippen LogP contribution in [0.4, 0.5) is 0 Å². The lowest BCUT2D eigenvalue weighted by Gasteiger charge is -2.18. The Morgan fingerprint density at radius 3 is 3.00 bits per heavy atom. The lowest BCUT2D eigenvalue weighted by molar-refractivity contribution is 0.108. The Morgan fingerprint density at radius 2 is 2.28 bits per heavy atom. The second-order valence-corrected chi connectivity index (χ2v) is 4.96. The van der Waals surface area contributed by atoms with Gasteiger partial charge in [0.2, 0.25) is 0 Å². The van der Waals surface area contributed by atoms with Crippen molar-refractivity contribution in [3.8, 4) is 5.75 Å². The van der Waals surface area contributed by atoms with E-state index in [2.05, 4.69) is 24.4 Å². The van der Waals surface area contributed by atoms with Gasteiger partial charge in [0.25, 0.3) is 0 Å². The SMILES string of the molecule is COc1ccccc1CC(C)NCC1CCCO1. The van der Waals surface area contributed by atoms with Gasteiger partial charge in [-0.1, -0.05) is 18.2 Å². The number of hydrogen-bond donors (Lipinski definition) is 1. The highest BCUT2D eigenvalue weighted by Crippen LogP contribution is 2.19. The normalized spacial score (nSPS) is 20.9. The summed E-state index contributed by atoms with van der Waals surface area (Å²) in [5.41, 5.74) is 1.26. The van der Waals surface area contributed by atoms with E-state index in [1.165, 1.54) is 18.4 Å². The van der Waals surface area contributed by atoms with E-state index in [1.807, 2.05) is 12.1 Å². The minimum absolute atomic E-state index is 0.408. The molecular weight excluding hydrogens is 226 g/mol. The standard InChI is InChI=1S/C15H23NO2/c1-12(16-11-14-7-5-9-18-14)10-13-6-3-4-8-15(13)17-2/h3-4,6,8,12,14,16H,5,7,9-11H2,1-2H3. The third kappa shape index (κ3) is 3.72. The molecule has 2 atom stereocenters. The van der Waals surface area contributed by atoms with Crippen LogP contribution in [0.5, 0.6) is 5.75 Å². The topological polar surface area (TPSA) is 30.5 Å². The van der Waals surface area contributed by atoms with Crippen LogP contribution >= 0.6 is 0 Å². The molecule has 100 valence electrons. The van der Waals surface area contributed by atoms with Crippen LogP contribution in [-0.4, -0.2) is 32.4 Å². The van der Waals surface area contributed by atoms with Gasteiger partial charge in [0.1, 0.15) is 5.75 Å². The van der Waals surface area contributed by atoms with Gasteiger partial charge in [-0.2, -0.15) is 0 Å². The van der Waals surface area contributed by atoms with Crippen LogP contribution in [0.1, 0.15) is 25.3 Å². The third-order valence-electron chi connectivity index (χ3n) is 3.44. The Bertz CT molecular complexity index is 361. The minimum Gasteiger partial charge on any atom is -0.496 e. The maximum Gasteiger partial charge on any atom is 0.122 e. The summed E-state index contributed by atoms with van der Waals surface area (Å²) in [6.07, 6.45) is 3.78. The van der Waals surface area contributed by atoms with Gasteiger partial charge >= 0.3 is 0 Å². The van der Waals surface area contributed by atoms with E-state index in [9.17, 15) is 0 Å². The lowest BCUT2D eigenvalue weighted by Crippen LogP contribution is -2.34. The Hall–Kier alpha value is -1.06. The number of rotatable bonds is 6. The summed E-state index contributed by atoms with van der Waals surface area (Å²) in [4.78, 5) is 0. The van der Waals surface area contributed by atoms with Crippen molar-refractivity contribution in [2.24, 2.45) is 0 Å². The fourth-order valence-electron chi connectivity index (χ4n) is 2.41. The molecule has 2 unspecified atom stereocenters. The first-order valence-corrected chi connectivity index (χ1v) is 6.76. The highest BCUT2D eigenvalue weighted by atomic mass is 16.5. The van der Waals surface area contributed by atoms with Crippen molar-refractivity contribution in [2.45, 2.75) is 38.3 Å². The Morgan fingerprint density at radius 1 is 1.44 bits per heavy atom. The average molecular weight is 249 g/mol. The highest BCUT2D eigenvalue weighted by Gasteiger charge is 2.16. The fraction of sp³-hybridized carbons (Fsp3) is 0.600. The average Bonchev–Trinajstić information content (AvgIpc) is 2.90. The predicted molar refractivity (Wildman–Crippen MR) is 73.1 cm³/mol. The smallest absolute Gasteiger partial charge is 0.122 e. The van der Waals surface area contributed by atoms with Crippen LogP contribution in [0.25, 0.3) is 0 Å². The monoisotopic (exact) mass is 249 g/mol. The summed E-state index contributed by atoms with van der Waals surface area (Å²) in [6.45, 7) is 4.09. The summed E-state index contributed by atoms with van der Waals surface area (Å²) >= 11 is 0. The molecule has 1 aromatic carbocycles. The molecule has 0 spiro atoms. The van der Waals surface area contributed by atoms with Crippen molar-refractivity contribution < 1.29 is 9.47 Å². The van der Waals surface area contributed by atoms with E-state index in [4.69, 9.17) is 9.47 Å². The van der Waals surface area contributed by atoms with Gasteiger partial charge in [-0.3, -0.25) is 0 Å². The molecular formula is C15H23NO2. The summed E-state index contributed by atoms with van der Waals surface area (Å²) in [6, 6.07) is 8.65. The van der Waals surface area contributed by atoms with E-state index in [0.29, 0.717) is 12.1 Å². The van der Waals surface area contributed by atoms with Gasteiger partial charge in [0.05, 0.1) is 13.2 Å². The van der Waals surface area contributed by atoms with E-state index >= 15 is 0 Å². The second kappa shape index (κ2) is 6.76. The van der Waals surface area contributed by atoms with Gasteiger partial charge < -0.3 is 14.8 Å². The molecule has 1 aliphatic heterocycles. The Balaban J connectivity index is 1.80. The molecule has 3 heteroatoms. The number of nitrogens with one attached hydrogen (secondary N) is 1. The zero-order chi connectivity index (χ0) is 12.8. The van der Waals surface area contributed by atoms with Crippen molar-refractivity contribution in [1.82, 2.24) is 5.32 Å². The quantitative estimate of drug-likeness (QED) is 0.839. The molecule has 2 rings (SSSR count). The zero-order valence-corrected chi connectivity index (χ0v) is 11.3. The van der Waals surface area contributed by atoms with Gasteiger partial charge in [0.15, 0.2) is 0 Å². The first-order valence-electron chi connectivity index (χ1n) is 6.76. The number of methoxy groups -OCH3 is 1. The zero-order valence-electron chi connectivity index (χ0n) is 11.3. The molecule has 0 aliphatic carbocycles. The molecule has 1 aliphatic rings. The molecule has 0 saturated carbocycles. The maximum absolute atomic E-state index is 5.61. The van der Waals surface area contributed by atoms with E-state index in [1.54, 1.807) is 7.11 Å². The molecule has 1 aromatic rings. The second-order valence-electron chi connectivity index (χ2n) is 4.96. The first kappa shape index (κ1) is 13.4. The van der Waals surface area contributed by atoms with Gasteiger partial charge in [-0.05, 0) is 37.8 Å². The minimum atomic E-state index is 0.408. The van der Waals surface area contributed by atoms with Crippen LogP contribution in [0.3, 0.4) is 0 Å². The molecule has 0 bridgehead atoms. The van der Waals surface area contributed by atoms with Crippen molar-refractivity contribution in [2.75, 3.05) is 20.3 Å². The van der Waals surface area contributed by atoms with Crippen LogP contribution in [0, 0.1) is 0 Å². The molecule has 1 saturated heterocycles. The number of benzene rings is 1. The maximum atomic E-state index is 5.61.